The molecule has 5 nitrogen and oxygen atoms in total. The van der Waals surface area contributed by atoms with Crippen molar-refractivity contribution in [3.05, 3.63) is 35.7 Å². The van der Waals surface area contributed by atoms with E-state index in [4.69, 9.17) is 4.52 Å². The third kappa shape index (κ3) is 2.91. The Hall–Kier alpha value is -1.66. The Labute approximate surface area is 119 Å². The summed E-state index contributed by atoms with van der Waals surface area (Å²) in [7, 11) is -3.45. The average molecular weight is 294 g/mol. The fraction of sp³-hybridized carbons (Fsp3) is 0.357. The van der Waals surface area contributed by atoms with E-state index in [0.717, 1.165) is 22.6 Å². The fourth-order valence-electron chi connectivity index (χ4n) is 2.07. The lowest BCUT2D eigenvalue weighted by atomic mass is 10.0. The quantitative estimate of drug-likeness (QED) is 0.941. The second kappa shape index (κ2) is 5.38. The van der Waals surface area contributed by atoms with Gasteiger partial charge in [-0.15, -0.1) is 0 Å². The van der Waals surface area contributed by atoms with Gasteiger partial charge in [-0.3, -0.25) is 0 Å². The number of nitrogens with zero attached hydrogens (tertiary/aromatic N) is 1. The van der Waals surface area contributed by atoms with Crippen LogP contribution in [0.1, 0.15) is 25.3 Å². The molecule has 1 N–H and O–H groups in total. The number of sulfonamides is 1. The Bertz CT molecular complexity index is 681. The van der Waals surface area contributed by atoms with Crippen molar-refractivity contribution in [2.45, 2.75) is 38.6 Å². The molecule has 0 aliphatic rings. The van der Waals surface area contributed by atoms with Crippen molar-refractivity contribution in [3.63, 3.8) is 0 Å². The van der Waals surface area contributed by atoms with E-state index in [0.29, 0.717) is 0 Å². The highest BCUT2D eigenvalue weighted by Crippen LogP contribution is 2.27. The zero-order valence-corrected chi connectivity index (χ0v) is 12.8. The van der Waals surface area contributed by atoms with Crippen molar-refractivity contribution >= 4 is 10.0 Å². The van der Waals surface area contributed by atoms with Gasteiger partial charge in [-0.05, 0) is 45.4 Å². The molecule has 0 fully saturated rings. The third-order valence-corrected chi connectivity index (χ3v) is 4.55. The van der Waals surface area contributed by atoms with Crippen LogP contribution in [0.4, 0.5) is 0 Å². The van der Waals surface area contributed by atoms with Gasteiger partial charge in [0.2, 0.25) is 10.0 Å². The maximum absolute atomic E-state index is 12.0. The predicted octanol–water partition coefficient (Wildman–Crippen LogP) is 2.65. The molecule has 2 aromatic rings. The molecular formula is C14H18N2O3S. The van der Waals surface area contributed by atoms with Crippen molar-refractivity contribution in [1.82, 2.24) is 9.88 Å². The Morgan fingerprint density at radius 2 is 1.75 bits per heavy atom. The summed E-state index contributed by atoms with van der Waals surface area (Å²) in [6, 6.07) is 6.57. The molecule has 0 spiro atoms. The first-order valence-corrected chi connectivity index (χ1v) is 7.85. The minimum absolute atomic E-state index is 0.137. The molecule has 0 amide bonds. The Balaban J connectivity index is 2.37. The molecule has 1 heterocycles. The predicted molar refractivity (Wildman–Crippen MR) is 76.9 cm³/mol. The van der Waals surface area contributed by atoms with Gasteiger partial charge < -0.3 is 4.52 Å². The van der Waals surface area contributed by atoms with Gasteiger partial charge in [-0.2, -0.15) is 0 Å². The minimum atomic E-state index is -3.45. The van der Waals surface area contributed by atoms with Crippen LogP contribution in [0.3, 0.4) is 0 Å². The lowest BCUT2D eigenvalue weighted by Gasteiger charge is -2.10. The first-order valence-electron chi connectivity index (χ1n) is 6.37. The van der Waals surface area contributed by atoms with E-state index in [-0.39, 0.29) is 10.9 Å². The number of hydrogen-bond acceptors (Lipinski definition) is 4. The van der Waals surface area contributed by atoms with Crippen LogP contribution in [0.25, 0.3) is 11.1 Å². The normalized spacial score (nSPS) is 12.1. The molecule has 1 aromatic heterocycles. The summed E-state index contributed by atoms with van der Waals surface area (Å²) in [6.45, 7) is 7.27. The third-order valence-electron chi connectivity index (χ3n) is 2.88. The van der Waals surface area contributed by atoms with Crippen molar-refractivity contribution in [3.8, 4) is 11.1 Å². The molecule has 2 rings (SSSR count). The molecule has 0 aliphatic carbocycles. The number of aromatic nitrogens is 1. The van der Waals surface area contributed by atoms with Gasteiger partial charge >= 0.3 is 0 Å². The van der Waals surface area contributed by atoms with Crippen molar-refractivity contribution in [2.24, 2.45) is 0 Å². The van der Waals surface area contributed by atoms with Crippen LogP contribution in [0.2, 0.25) is 0 Å². The lowest BCUT2D eigenvalue weighted by Crippen LogP contribution is -2.30. The van der Waals surface area contributed by atoms with E-state index >= 15 is 0 Å². The molecule has 6 heteroatoms. The van der Waals surface area contributed by atoms with Crippen LogP contribution >= 0.6 is 0 Å². The second-order valence-electron chi connectivity index (χ2n) is 5.00. The molecule has 0 saturated carbocycles. The number of aryl methyl sites for hydroxylation is 2. The van der Waals surface area contributed by atoms with Gasteiger partial charge in [0.05, 0.1) is 10.6 Å². The molecule has 0 aliphatic heterocycles. The summed E-state index contributed by atoms with van der Waals surface area (Å²) in [5, 5.41) is 3.90. The van der Waals surface area contributed by atoms with Crippen LogP contribution in [-0.2, 0) is 10.0 Å². The number of rotatable bonds is 4. The summed E-state index contributed by atoms with van der Waals surface area (Å²) in [6.07, 6.45) is 0. The summed E-state index contributed by atoms with van der Waals surface area (Å²) in [4.78, 5) is 0.252. The van der Waals surface area contributed by atoms with E-state index in [9.17, 15) is 8.42 Å². The Morgan fingerprint density at radius 3 is 2.20 bits per heavy atom. The summed E-state index contributed by atoms with van der Waals surface area (Å²) in [5.74, 6) is 0.721. The number of benzene rings is 1. The van der Waals surface area contributed by atoms with Gasteiger partial charge in [0.15, 0.2) is 0 Å². The maximum Gasteiger partial charge on any atom is 0.240 e. The highest BCUT2D eigenvalue weighted by molar-refractivity contribution is 7.89. The largest absolute Gasteiger partial charge is 0.361 e. The zero-order chi connectivity index (χ0) is 14.9. The molecular weight excluding hydrogens is 276 g/mol. The highest BCUT2D eigenvalue weighted by atomic mass is 32.2. The molecule has 0 radical (unpaired) electrons. The van der Waals surface area contributed by atoms with Gasteiger partial charge in [0.1, 0.15) is 5.76 Å². The summed E-state index contributed by atoms with van der Waals surface area (Å²) in [5.41, 5.74) is 2.59. The van der Waals surface area contributed by atoms with Crippen molar-refractivity contribution in [2.75, 3.05) is 0 Å². The molecule has 0 atom stereocenters. The second-order valence-corrected chi connectivity index (χ2v) is 6.71. The van der Waals surface area contributed by atoms with Crippen molar-refractivity contribution < 1.29 is 12.9 Å². The fourth-order valence-corrected chi connectivity index (χ4v) is 3.33. The first kappa shape index (κ1) is 14.7. The molecule has 0 unspecified atom stereocenters. The van der Waals surface area contributed by atoms with Gasteiger partial charge in [-0.25, -0.2) is 13.1 Å². The van der Waals surface area contributed by atoms with Gasteiger partial charge in [0, 0.05) is 11.6 Å². The van der Waals surface area contributed by atoms with E-state index < -0.39 is 10.0 Å². The molecule has 1 aromatic carbocycles. The van der Waals surface area contributed by atoms with E-state index in [1.807, 2.05) is 13.8 Å². The molecule has 108 valence electrons. The van der Waals surface area contributed by atoms with Crippen LogP contribution < -0.4 is 4.72 Å². The van der Waals surface area contributed by atoms with Crippen molar-refractivity contribution in [1.29, 1.82) is 0 Å². The first-order chi connectivity index (χ1) is 9.31. The highest BCUT2D eigenvalue weighted by Gasteiger charge is 2.16. The van der Waals surface area contributed by atoms with E-state index in [1.165, 1.54) is 0 Å². The minimum Gasteiger partial charge on any atom is -0.361 e. The average Bonchev–Trinajstić information content (AvgIpc) is 2.68. The lowest BCUT2D eigenvalue weighted by molar-refractivity contribution is 0.393. The number of nitrogens with one attached hydrogen (secondary N) is 1. The van der Waals surface area contributed by atoms with Crippen LogP contribution in [0.5, 0.6) is 0 Å². The Kier molecular flexibility index (Phi) is 3.96. The molecule has 0 bridgehead atoms. The standard InChI is InChI=1S/C14H18N2O3S/c1-9(2)16-20(17,18)13-7-5-12(6-8-13)14-10(3)15-19-11(14)4/h5-9,16H,1-4H3. The molecule has 20 heavy (non-hydrogen) atoms. The smallest absolute Gasteiger partial charge is 0.240 e. The SMILES string of the molecule is Cc1noc(C)c1-c1ccc(S(=O)(=O)NC(C)C)cc1. The Morgan fingerprint density at radius 1 is 1.15 bits per heavy atom. The monoisotopic (exact) mass is 294 g/mol. The van der Waals surface area contributed by atoms with E-state index in [2.05, 4.69) is 9.88 Å². The summed E-state index contributed by atoms with van der Waals surface area (Å²) < 4.78 is 31.7. The van der Waals surface area contributed by atoms with Crippen LogP contribution in [0, 0.1) is 13.8 Å². The maximum atomic E-state index is 12.0. The van der Waals surface area contributed by atoms with Crippen LogP contribution in [-0.4, -0.2) is 19.6 Å². The van der Waals surface area contributed by atoms with Gasteiger partial charge in [0.25, 0.3) is 0 Å². The topological polar surface area (TPSA) is 72.2 Å². The molecule has 0 saturated heterocycles. The van der Waals surface area contributed by atoms with Gasteiger partial charge in [-0.1, -0.05) is 17.3 Å². The van der Waals surface area contributed by atoms with E-state index in [1.54, 1.807) is 38.1 Å². The summed E-state index contributed by atoms with van der Waals surface area (Å²) >= 11 is 0. The number of hydrogen-bond donors (Lipinski definition) is 1. The van der Waals surface area contributed by atoms with Crippen LogP contribution in [0.15, 0.2) is 33.7 Å². The zero-order valence-electron chi connectivity index (χ0n) is 12.0.